The summed E-state index contributed by atoms with van der Waals surface area (Å²) in [4.78, 5) is 28.2. The first-order valence-corrected chi connectivity index (χ1v) is 14.2. The van der Waals surface area contributed by atoms with Gasteiger partial charge in [-0.05, 0) is 49.4 Å². The van der Waals surface area contributed by atoms with Crippen molar-refractivity contribution < 1.29 is 18.0 Å². The lowest BCUT2D eigenvalue weighted by atomic mass is 9.95. The first-order valence-electron chi connectivity index (χ1n) is 12.4. The molecule has 0 saturated heterocycles. The number of aryl methyl sites for hydroxylation is 1. The fraction of sp³-hybridized carbons (Fsp3) is 0.481. The third-order valence-electron chi connectivity index (χ3n) is 6.63. The Morgan fingerprint density at radius 3 is 2.17 bits per heavy atom. The highest BCUT2D eigenvalue weighted by Crippen LogP contribution is 2.21. The topological polar surface area (TPSA) is 86.8 Å². The van der Waals surface area contributed by atoms with E-state index in [0.29, 0.717) is 5.69 Å². The minimum atomic E-state index is -3.72. The third-order valence-corrected chi connectivity index (χ3v) is 7.77. The van der Waals surface area contributed by atoms with Crippen LogP contribution in [0.15, 0.2) is 54.6 Å². The first-order chi connectivity index (χ1) is 16.7. The lowest BCUT2D eigenvalue weighted by Crippen LogP contribution is -2.52. The van der Waals surface area contributed by atoms with Gasteiger partial charge in [-0.1, -0.05) is 68.7 Å². The smallest absolute Gasteiger partial charge is 0.244 e. The van der Waals surface area contributed by atoms with Gasteiger partial charge in [-0.2, -0.15) is 0 Å². The summed E-state index contributed by atoms with van der Waals surface area (Å²) >= 11 is 0. The van der Waals surface area contributed by atoms with E-state index in [0.717, 1.165) is 53.8 Å². The Bertz CT molecular complexity index is 1080. The van der Waals surface area contributed by atoms with Crippen molar-refractivity contribution in [1.82, 2.24) is 10.2 Å². The van der Waals surface area contributed by atoms with E-state index < -0.39 is 22.0 Å². The molecule has 2 aromatic carbocycles. The molecule has 35 heavy (non-hydrogen) atoms. The number of hydrogen-bond donors (Lipinski definition) is 1. The van der Waals surface area contributed by atoms with E-state index in [1.54, 1.807) is 19.1 Å². The maximum absolute atomic E-state index is 13.6. The van der Waals surface area contributed by atoms with Gasteiger partial charge in [0, 0.05) is 12.6 Å². The molecule has 0 bridgehead atoms. The Hall–Kier alpha value is -2.87. The molecule has 0 aliphatic heterocycles. The number of nitrogens with zero attached hydrogens (tertiary/aromatic N) is 2. The molecule has 8 heteroatoms. The molecule has 2 aromatic rings. The van der Waals surface area contributed by atoms with Crippen molar-refractivity contribution in [3.05, 3.63) is 65.7 Å². The van der Waals surface area contributed by atoms with Crippen molar-refractivity contribution >= 4 is 27.5 Å². The lowest BCUT2D eigenvalue weighted by molar-refractivity contribution is -0.139. The molecule has 0 unspecified atom stereocenters. The molecule has 0 heterocycles. The summed E-state index contributed by atoms with van der Waals surface area (Å²) in [6, 6.07) is 16.0. The van der Waals surface area contributed by atoms with Crippen molar-refractivity contribution in [3.63, 3.8) is 0 Å². The molecule has 0 radical (unpaired) electrons. The summed E-state index contributed by atoms with van der Waals surface area (Å²) < 4.78 is 26.4. The Morgan fingerprint density at radius 2 is 1.60 bits per heavy atom. The van der Waals surface area contributed by atoms with Gasteiger partial charge in [0.15, 0.2) is 0 Å². The zero-order valence-electron chi connectivity index (χ0n) is 20.9. The van der Waals surface area contributed by atoms with Gasteiger partial charge in [-0.25, -0.2) is 8.42 Å². The van der Waals surface area contributed by atoms with E-state index in [4.69, 9.17) is 0 Å². The molecule has 1 aliphatic carbocycles. The van der Waals surface area contributed by atoms with E-state index in [2.05, 4.69) is 5.32 Å². The second-order valence-electron chi connectivity index (χ2n) is 9.32. The fourth-order valence-electron chi connectivity index (χ4n) is 4.44. The monoisotopic (exact) mass is 499 g/mol. The van der Waals surface area contributed by atoms with Gasteiger partial charge in [0.25, 0.3) is 0 Å². The fourth-order valence-corrected chi connectivity index (χ4v) is 5.29. The SMILES string of the molecule is CCc1ccc(N(CC(=O)N(Cc2ccccc2)[C@@H](C)C(=O)NC2CCCCC2)S(C)(=O)=O)cc1. The quantitative estimate of drug-likeness (QED) is 0.538. The number of sulfonamides is 1. The van der Waals surface area contributed by atoms with Crippen LogP contribution in [0.1, 0.15) is 57.1 Å². The van der Waals surface area contributed by atoms with Crippen LogP contribution in [0, 0.1) is 0 Å². The Balaban J connectivity index is 1.83. The minimum Gasteiger partial charge on any atom is -0.352 e. The predicted molar refractivity (Wildman–Crippen MR) is 139 cm³/mol. The molecule has 3 rings (SSSR count). The van der Waals surface area contributed by atoms with E-state index in [9.17, 15) is 18.0 Å². The maximum Gasteiger partial charge on any atom is 0.244 e. The van der Waals surface area contributed by atoms with Crippen LogP contribution >= 0.6 is 0 Å². The van der Waals surface area contributed by atoms with Gasteiger partial charge in [-0.15, -0.1) is 0 Å². The average molecular weight is 500 g/mol. The molecular weight excluding hydrogens is 462 g/mol. The summed E-state index contributed by atoms with van der Waals surface area (Å²) in [5.74, 6) is -0.635. The number of carbonyl (C=O) groups is 2. The van der Waals surface area contributed by atoms with E-state index >= 15 is 0 Å². The molecule has 1 aliphatic rings. The van der Waals surface area contributed by atoms with Crippen LogP contribution < -0.4 is 9.62 Å². The van der Waals surface area contributed by atoms with Crippen LogP contribution in [0.25, 0.3) is 0 Å². The summed E-state index contributed by atoms with van der Waals surface area (Å²) in [5, 5.41) is 3.10. The number of benzene rings is 2. The van der Waals surface area contributed by atoms with Gasteiger partial charge in [-0.3, -0.25) is 13.9 Å². The van der Waals surface area contributed by atoms with E-state index in [1.807, 2.05) is 49.4 Å². The molecule has 7 nitrogen and oxygen atoms in total. The zero-order chi connectivity index (χ0) is 25.4. The summed E-state index contributed by atoms with van der Waals surface area (Å²) in [6.07, 6.45) is 7.17. The van der Waals surface area contributed by atoms with Crippen LogP contribution in [0.3, 0.4) is 0 Å². The second kappa shape index (κ2) is 12.2. The van der Waals surface area contributed by atoms with Crippen molar-refractivity contribution in [1.29, 1.82) is 0 Å². The van der Waals surface area contributed by atoms with Gasteiger partial charge in [0.1, 0.15) is 12.6 Å². The Labute approximate surface area is 209 Å². The van der Waals surface area contributed by atoms with Gasteiger partial charge in [0.2, 0.25) is 21.8 Å². The number of carbonyl (C=O) groups excluding carboxylic acids is 2. The van der Waals surface area contributed by atoms with Crippen LogP contribution in [-0.4, -0.2) is 50.0 Å². The zero-order valence-corrected chi connectivity index (χ0v) is 21.8. The molecular formula is C27H37N3O4S. The molecule has 1 saturated carbocycles. The van der Waals surface area contributed by atoms with Crippen molar-refractivity contribution in [2.45, 2.75) is 71.0 Å². The van der Waals surface area contributed by atoms with Gasteiger partial charge < -0.3 is 10.2 Å². The predicted octanol–water partition coefficient (Wildman–Crippen LogP) is 3.88. The van der Waals surface area contributed by atoms with Crippen LogP contribution in [0.5, 0.6) is 0 Å². The first kappa shape index (κ1) is 26.7. The molecule has 0 spiro atoms. The number of amides is 2. The molecule has 2 amide bonds. The summed E-state index contributed by atoms with van der Waals surface area (Å²) in [5.41, 5.74) is 2.38. The molecule has 1 atom stereocenters. The van der Waals surface area contributed by atoms with E-state index in [-0.39, 0.29) is 25.0 Å². The summed E-state index contributed by atoms with van der Waals surface area (Å²) in [6.45, 7) is 3.57. The van der Waals surface area contributed by atoms with Crippen LogP contribution in [0.2, 0.25) is 0 Å². The van der Waals surface area contributed by atoms with Gasteiger partial charge >= 0.3 is 0 Å². The lowest BCUT2D eigenvalue weighted by Gasteiger charge is -2.33. The minimum absolute atomic E-state index is 0.122. The van der Waals surface area contributed by atoms with Crippen molar-refractivity contribution in [2.75, 3.05) is 17.1 Å². The van der Waals surface area contributed by atoms with Crippen LogP contribution in [0.4, 0.5) is 5.69 Å². The molecule has 190 valence electrons. The van der Waals surface area contributed by atoms with Crippen LogP contribution in [-0.2, 0) is 32.6 Å². The second-order valence-corrected chi connectivity index (χ2v) is 11.2. The van der Waals surface area contributed by atoms with Gasteiger partial charge in [0.05, 0.1) is 11.9 Å². The highest BCUT2D eigenvalue weighted by molar-refractivity contribution is 7.92. The largest absolute Gasteiger partial charge is 0.352 e. The molecule has 1 fully saturated rings. The summed E-state index contributed by atoms with van der Waals surface area (Å²) in [7, 11) is -3.72. The number of rotatable bonds is 10. The van der Waals surface area contributed by atoms with E-state index in [1.165, 1.54) is 11.3 Å². The molecule has 1 N–H and O–H groups in total. The highest BCUT2D eigenvalue weighted by Gasteiger charge is 2.31. The third kappa shape index (κ3) is 7.56. The number of anilines is 1. The van der Waals surface area contributed by atoms with Crippen molar-refractivity contribution in [3.8, 4) is 0 Å². The normalized spacial score (nSPS) is 15.3. The maximum atomic E-state index is 13.6. The average Bonchev–Trinajstić information content (AvgIpc) is 2.86. The molecule has 0 aromatic heterocycles. The highest BCUT2D eigenvalue weighted by atomic mass is 32.2. The number of hydrogen-bond acceptors (Lipinski definition) is 4. The standard InChI is InChI=1S/C27H37N3O4S/c1-4-22-15-17-25(18-16-22)30(35(3,33)34)20-26(31)29(19-23-11-7-5-8-12-23)21(2)27(32)28-24-13-9-6-10-14-24/h5,7-8,11-12,15-18,21,24H,4,6,9-10,13-14,19-20H2,1-3H3,(H,28,32)/t21-/m0/s1. The Morgan fingerprint density at radius 1 is 0.971 bits per heavy atom. The van der Waals surface area contributed by atoms with Crippen molar-refractivity contribution in [2.24, 2.45) is 0 Å². The number of nitrogens with one attached hydrogen (secondary N) is 1. The Kier molecular flexibility index (Phi) is 9.32.